The molecule has 1 atom stereocenters. The molecule has 26 heavy (non-hydrogen) atoms. The number of halogens is 1. The molecule has 138 valence electrons. The summed E-state index contributed by atoms with van der Waals surface area (Å²) >= 11 is 0. The number of rotatable bonds is 4. The maximum Gasteiger partial charge on any atom is 0.414 e. The lowest BCUT2D eigenvalue weighted by Gasteiger charge is -2.44. The summed E-state index contributed by atoms with van der Waals surface area (Å²) in [7, 11) is 0. The van der Waals surface area contributed by atoms with Gasteiger partial charge in [0, 0.05) is 12.2 Å². The number of hydrogen-bond acceptors (Lipinski definition) is 3. The molecule has 5 rings (SSSR count). The fourth-order valence-corrected chi connectivity index (χ4v) is 3.87. The van der Waals surface area contributed by atoms with Gasteiger partial charge in [0.05, 0.1) is 6.54 Å². The minimum Gasteiger partial charge on any atom is -0.444 e. The number of carbonyl (C=O) groups excluding carboxylic acids is 1. The molecule has 3 aliphatic heterocycles. The van der Waals surface area contributed by atoms with Gasteiger partial charge < -0.3 is 4.74 Å². The monoisotopic (exact) mass is 372 g/mol. The molecule has 1 unspecified atom stereocenters. The minimum atomic E-state index is -0.242. The van der Waals surface area contributed by atoms with Crippen molar-refractivity contribution >= 4 is 24.2 Å². The van der Waals surface area contributed by atoms with E-state index in [0.717, 1.165) is 43.7 Å². The highest BCUT2D eigenvalue weighted by Gasteiger charge is 2.37. The SMILES string of the molecule is Cl.O=C(OC1CN2CCC1CC2)N(Cc1ccccc1)c1ccccc1. The molecule has 0 spiro atoms. The van der Waals surface area contributed by atoms with Crippen LogP contribution in [0.5, 0.6) is 0 Å². The number of piperidine rings is 3. The molecule has 0 N–H and O–H groups in total. The van der Waals surface area contributed by atoms with Gasteiger partial charge in [0.2, 0.25) is 0 Å². The normalized spacial score (nSPS) is 23.8. The summed E-state index contributed by atoms with van der Waals surface area (Å²) in [5.41, 5.74) is 1.97. The van der Waals surface area contributed by atoms with Crippen molar-refractivity contribution < 1.29 is 9.53 Å². The number of nitrogens with zero attached hydrogens (tertiary/aromatic N) is 2. The molecular formula is C21H25ClN2O2. The van der Waals surface area contributed by atoms with E-state index < -0.39 is 0 Å². The van der Waals surface area contributed by atoms with Crippen LogP contribution in [0, 0.1) is 5.92 Å². The Kier molecular flexibility index (Phi) is 6.17. The Bertz CT molecular complexity index is 702. The van der Waals surface area contributed by atoms with Crippen molar-refractivity contribution in [3.63, 3.8) is 0 Å². The van der Waals surface area contributed by atoms with Gasteiger partial charge in [-0.05, 0) is 49.5 Å². The molecule has 2 aromatic carbocycles. The number of hydrogen-bond donors (Lipinski definition) is 0. The number of benzene rings is 2. The maximum atomic E-state index is 13.0. The molecule has 3 heterocycles. The largest absolute Gasteiger partial charge is 0.444 e. The summed E-state index contributed by atoms with van der Waals surface area (Å²) in [5.74, 6) is 0.517. The minimum absolute atomic E-state index is 0. The van der Waals surface area contributed by atoms with E-state index in [0.29, 0.717) is 12.5 Å². The van der Waals surface area contributed by atoms with E-state index in [-0.39, 0.29) is 24.6 Å². The Morgan fingerprint density at radius 2 is 1.62 bits per heavy atom. The van der Waals surface area contributed by atoms with E-state index in [1.54, 1.807) is 4.90 Å². The van der Waals surface area contributed by atoms with Gasteiger partial charge in [0.25, 0.3) is 0 Å². The highest BCUT2D eigenvalue weighted by molar-refractivity contribution is 5.87. The Morgan fingerprint density at radius 3 is 2.19 bits per heavy atom. The van der Waals surface area contributed by atoms with Crippen LogP contribution in [0.1, 0.15) is 18.4 Å². The second-order valence-corrected chi connectivity index (χ2v) is 6.97. The summed E-state index contributed by atoms with van der Waals surface area (Å²) in [6.45, 7) is 3.69. The lowest BCUT2D eigenvalue weighted by atomic mass is 9.86. The lowest BCUT2D eigenvalue weighted by molar-refractivity contribution is -0.0311. The third kappa shape index (κ3) is 4.19. The smallest absolute Gasteiger partial charge is 0.414 e. The van der Waals surface area contributed by atoms with Gasteiger partial charge in [-0.2, -0.15) is 0 Å². The van der Waals surface area contributed by atoms with Crippen molar-refractivity contribution in [2.24, 2.45) is 5.92 Å². The van der Waals surface area contributed by atoms with Crippen LogP contribution in [0.15, 0.2) is 60.7 Å². The van der Waals surface area contributed by atoms with Gasteiger partial charge in [0.1, 0.15) is 6.10 Å². The average molecular weight is 373 g/mol. The van der Waals surface area contributed by atoms with Crippen LogP contribution >= 0.6 is 12.4 Å². The standard InChI is InChI=1S/C21H24N2O2.ClH/c24-21(25-20-16-22-13-11-18(20)12-14-22)23(19-9-5-2-6-10-19)15-17-7-3-1-4-8-17;/h1-10,18,20H,11-16H2;1H. The van der Waals surface area contributed by atoms with Crippen molar-refractivity contribution in [1.29, 1.82) is 0 Å². The third-order valence-electron chi connectivity index (χ3n) is 5.32. The highest BCUT2D eigenvalue weighted by Crippen LogP contribution is 2.30. The average Bonchev–Trinajstić information content (AvgIpc) is 2.68. The molecule has 3 saturated heterocycles. The molecule has 2 aromatic rings. The number of carbonyl (C=O) groups is 1. The van der Waals surface area contributed by atoms with Crippen LogP contribution in [-0.2, 0) is 11.3 Å². The van der Waals surface area contributed by atoms with Gasteiger partial charge in [-0.3, -0.25) is 9.80 Å². The van der Waals surface area contributed by atoms with Crippen molar-refractivity contribution in [1.82, 2.24) is 4.90 Å². The van der Waals surface area contributed by atoms with Crippen molar-refractivity contribution in [3.8, 4) is 0 Å². The second-order valence-electron chi connectivity index (χ2n) is 6.97. The van der Waals surface area contributed by atoms with E-state index in [4.69, 9.17) is 4.74 Å². The number of ether oxygens (including phenoxy) is 1. The van der Waals surface area contributed by atoms with Crippen LogP contribution in [0.25, 0.3) is 0 Å². The van der Waals surface area contributed by atoms with Crippen LogP contribution in [0.3, 0.4) is 0 Å². The number of anilines is 1. The van der Waals surface area contributed by atoms with E-state index in [1.807, 2.05) is 60.7 Å². The summed E-state index contributed by atoms with van der Waals surface area (Å²) in [4.78, 5) is 17.1. The molecule has 3 fully saturated rings. The molecule has 4 nitrogen and oxygen atoms in total. The van der Waals surface area contributed by atoms with Gasteiger partial charge >= 0.3 is 6.09 Å². The zero-order valence-electron chi connectivity index (χ0n) is 14.8. The number of fused-ring (bicyclic) bond motifs is 3. The summed E-state index contributed by atoms with van der Waals surface area (Å²) in [6, 6.07) is 19.8. The predicted molar refractivity (Wildman–Crippen MR) is 106 cm³/mol. The molecule has 1 amide bonds. The number of amides is 1. The Hall–Kier alpha value is -2.04. The Labute approximate surface area is 161 Å². The van der Waals surface area contributed by atoms with Crippen molar-refractivity contribution in [2.75, 3.05) is 24.5 Å². The molecule has 0 saturated carbocycles. The molecule has 5 heteroatoms. The molecule has 3 aliphatic rings. The number of para-hydroxylation sites is 1. The molecule has 0 radical (unpaired) electrons. The second kappa shape index (κ2) is 8.56. The first-order valence-corrected chi connectivity index (χ1v) is 9.09. The van der Waals surface area contributed by atoms with Crippen LogP contribution in [-0.4, -0.2) is 36.7 Å². The van der Waals surface area contributed by atoms with E-state index in [2.05, 4.69) is 4.90 Å². The summed E-state index contributed by atoms with van der Waals surface area (Å²) in [6.07, 6.45) is 2.06. The first-order chi connectivity index (χ1) is 12.3. The van der Waals surface area contributed by atoms with Crippen molar-refractivity contribution in [2.45, 2.75) is 25.5 Å². The molecule has 0 aromatic heterocycles. The van der Waals surface area contributed by atoms with Crippen molar-refractivity contribution in [3.05, 3.63) is 66.2 Å². The fourth-order valence-electron chi connectivity index (χ4n) is 3.87. The third-order valence-corrected chi connectivity index (χ3v) is 5.32. The summed E-state index contributed by atoms with van der Waals surface area (Å²) in [5, 5.41) is 0. The van der Waals surface area contributed by atoms with Gasteiger partial charge in [-0.15, -0.1) is 12.4 Å². The van der Waals surface area contributed by atoms with Crippen LogP contribution < -0.4 is 4.90 Å². The topological polar surface area (TPSA) is 32.8 Å². The quantitative estimate of drug-likeness (QED) is 0.800. The Balaban J connectivity index is 0.00000196. The van der Waals surface area contributed by atoms with Crippen LogP contribution in [0.4, 0.5) is 10.5 Å². The lowest BCUT2D eigenvalue weighted by Crippen LogP contribution is -2.53. The van der Waals surface area contributed by atoms with Crippen LogP contribution in [0.2, 0.25) is 0 Å². The molecular weight excluding hydrogens is 348 g/mol. The first kappa shape index (κ1) is 18.7. The van der Waals surface area contributed by atoms with E-state index in [9.17, 15) is 4.79 Å². The summed E-state index contributed by atoms with van der Waals surface area (Å²) < 4.78 is 5.96. The maximum absolute atomic E-state index is 13.0. The van der Waals surface area contributed by atoms with Gasteiger partial charge in [0.15, 0.2) is 0 Å². The van der Waals surface area contributed by atoms with Gasteiger partial charge in [-0.1, -0.05) is 48.5 Å². The van der Waals surface area contributed by atoms with E-state index in [1.165, 1.54) is 0 Å². The zero-order valence-corrected chi connectivity index (χ0v) is 15.6. The highest BCUT2D eigenvalue weighted by atomic mass is 35.5. The Morgan fingerprint density at radius 1 is 1.00 bits per heavy atom. The van der Waals surface area contributed by atoms with E-state index >= 15 is 0 Å². The van der Waals surface area contributed by atoms with Gasteiger partial charge in [-0.25, -0.2) is 4.79 Å². The zero-order chi connectivity index (χ0) is 17.1. The first-order valence-electron chi connectivity index (χ1n) is 9.09. The molecule has 0 aliphatic carbocycles. The predicted octanol–water partition coefficient (Wildman–Crippen LogP) is 4.35. The fraction of sp³-hybridized carbons (Fsp3) is 0.381. The molecule has 2 bridgehead atoms.